The van der Waals surface area contributed by atoms with Gasteiger partial charge in [-0.1, -0.05) is 12.1 Å². The summed E-state index contributed by atoms with van der Waals surface area (Å²) in [5.41, 5.74) is 4.26. The minimum absolute atomic E-state index is 0.0388. The van der Waals surface area contributed by atoms with Gasteiger partial charge in [-0.05, 0) is 55.5 Å². The number of terminal acetylenes is 1. The Balaban J connectivity index is 1.61. The molecule has 3 rings (SSSR count). The molecule has 1 aromatic carbocycles. The fourth-order valence-electron chi connectivity index (χ4n) is 3.01. The van der Waals surface area contributed by atoms with Crippen LogP contribution >= 0.6 is 11.9 Å². The molecule has 1 saturated heterocycles. The molecule has 1 aromatic heterocycles. The summed E-state index contributed by atoms with van der Waals surface area (Å²) in [6.07, 6.45) is 5.86. The van der Waals surface area contributed by atoms with Crippen molar-refractivity contribution < 1.29 is 14.0 Å². The Hall–Kier alpha value is -3.09. The Bertz CT molecular complexity index is 962. The van der Waals surface area contributed by atoms with E-state index in [-0.39, 0.29) is 17.6 Å². The fraction of sp³-hybridized carbons (Fsp3) is 0.250. The minimum Gasteiger partial charge on any atom is -0.369 e. The number of halogens is 1. The normalized spacial score (nSPS) is 15.6. The maximum absolute atomic E-state index is 13.6. The number of hydrogen-bond acceptors (Lipinski definition) is 6. The zero-order valence-electron chi connectivity index (χ0n) is 15.7. The monoisotopic (exact) mass is 413 g/mol. The maximum Gasteiger partial charge on any atom is 0.295 e. The third kappa shape index (κ3) is 5.47. The molecule has 2 heterocycles. The van der Waals surface area contributed by atoms with Gasteiger partial charge in [-0.25, -0.2) is 9.37 Å². The number of nitrogens with one attached hydrogen (secondary N) is 3. The summed E-state index contributed by atoms with van der Waals surface area (Å²) in [7, 11) is 0. The molecule has 3 N–H and O–H groups in total. The smallest absolute Gasteiger partial charge is 0.295 e. The highest BCUT2D eigenvalue weighted by atomic mass is 32.2. The Morgan fingerprint density at radius 1 is 1.34 bits per heavy atom. The van der Waals surface area contributed by atoms with Crippen LogP contribution in [-0.2, 0) is 4.79 Å². The van der Waals surface area contributed by atoms with Crippen LogP contribution in [0.4, 0.5) is 10.1 Å². The van der Waals surface area contributed by atoms with Crippen LogP contribution in [0.15, 0.2) is 41.3 Å². The van der Waals surface area contributed by atoms with E-state index >= 15 is 0 Å². The van der Waals surface area contributed by atoms with E-state index < -0.39 is 11.8 Å². The number of hydrogen-bond donors (Lipinski definition) is 3. The van der Waals surface area contributed by atoms with E-state index in [1.54, 1.807) is 31.2 Å². The van der Waals surface area contributed by atoms with E-state index in [9.17, 15) is 14.0 Å². The number of hydrazine groups is 1. The number of carbonyl (C=O) groups excluding carboxylic acids is 2. The highest BCUT2D eigenvalue weighted by molar-refractivity contribution is 7.97. The Kier molecular flexibility index (Phi) is 6.69. The lowest BCUT2D eigenvalue weighted by molar-refractivity contribution is -0.116. The summed E-state index contributed by atoms with van der Waals surface area (Å²) in [6.45, 7) is 3.12. The van der Waals surface area contributed by atoms with Crippen molar-refractivity contribution in [1.29, 1.82) is 0 Å². The molecular weight excluding hydrogens is 393 g/mol. The quantitative estimate of drug-likeness (QED) is 0.380. The summed E-state index contributed by atoms with van der Waals surface area (Å²) in [6, 6.07) is 9.77. The number of benzene rings is 1. The number of rotatable bonds is 6. The molecule has 1 aliphatic heterocycles. The molecule has 1 unspecified atom stereocenters. The number of anilines is 1. The van der Waals surface area contributed by atoms with Crippen molar-refractivity contribution in [2.75, 3.05) is 18.0 Å². The van der Waals surface area contributed by atoms with Crippen LogP contribution in [0.3, 0.4) is 0 Å². The number of aryl methyl sites for hydroxylation is 1. The fourth-order valence-corrected chi connectivity index (χ4v) is 3.57. The van der Waals surface area contributed by atoms with Gasteiger partial charge in [-0.3, -0.25) is 15.0 Å². The van der Waals surface area contributed by atoms with E-state index in [4.69, 9.17) is 6.42 Å². The van der Waals surface area contributed by atoms with Gasteiger partial charge in [0.1, 0.15) is 11.5 Å². The van der Waals surface area contributed by atoms with Gasteiger partial charge in [0.25, 0.3) is 11.8 Å². The van der Waals surface area contributed by atoms with Gasteiger partial charge in [0, 0.05) is 30.5 Å². The van der Waals surface area contributed by atoms with Gasteiger partial charge >= 0.3 is 0 Å². The lowest BCUT2D eigenvalue weighted by Crippen LogP contribution is -2.36. The van der Waals surface area contributed by atoms with Crippen molar-refractivity contribution in [1.82, 2.24) is 20.6 Å². The number of nitrogens with zero attached hydrogens (tertiary/aromatic N) is 2. The molecule has 0 bridgehead atoms. The van der Waals surface area contributed by atoms with Crippen LogP contribution in [0.1, 0.15) is 22.6 Å². The van der Waals surface area contributed by atoms with Crippen LogP contribution in [0.25, 0.3) is 0 Å². The summed E-state index contributed by atoms with van der Waals surface area (Å²) in [5, 5.41) is 2.77. The molecule has 1 atom stereocenters. The standard InChI is InChI=1S/C20H20FN5O2S/c1-3-19(27)23-14-8-9-26(12-14)15-10-13(2)22-17(11-15)20(28)24-25-29-18-7-5-4-6-16(18)21/h1,4-7,10-11,14,25H,8-9,12H2,2H3,(H,23,27)(H,24,28). The second-order valence-electron chi connectivity index (χ2n) is 6.49. The molecule has 0 saturated carbocycles. The first-order chi connectivity index (χ1) is 14.0. The summed E-state index contributed by atoms with van der Waals surface area (Å²) < 4.78 is 13.6. The highest BCUT2D eigenvalue weighted by Crippen LogP contribution is 2.22. The molecule has 0 aliphatic carbocycles. The van der Waals surface area contributed by atoms with Gasteiger partial charge in [-0.15, -0.1) is 6.42 Å². The molecule has 9 heteroatoms. The van der Waals surface area contributed by atoms with Gasteiger partial charge in [0.05, 0.1) is 4.90 Å². The van der Waals surface area contributed by atoms with Crippen molar-refractivity contribution in [3.05, 3.63) is 53.6 Å². The van der Waals surface area contributed by atoms with E-state index in [1.807, 2.05) is 6.07 Å². The zero-order valence-corrected chi connectivity index (χ0v) is 16.6. The van der Waals surface area contributed by atoms with Crippen LogP contribution in [-0.4, -0.2) is 35.9 Å². The predicted octanol–water partition coefficient (Wildman–Crippen LogP) is 1.80. The molecule has 2 amide bonds. The van der Waals surface area contributed by atoms with Crippen molar-refractivity contribution in [2.24, 2.45) is 0 Å². The SMILES string of the molecule is C#CC(=O)NC1CCN(c2cc(C)nc(C(=O)NNSc3ccccc3F)c2)C1. The summed E-state index contributed by atoms with van der Waals surface area (Å²) >= 11 is 0.960. The topological polar surface area (TPSA) is 86.4 Å². The molecular formula is C20H20FN5O2S. The van der Waals surface area contributed by atoms with Crippen molar-refractivity contribution in [3.8, 4) is 12.3 Å². The van der Waals surface area contributed by atoms with E-state index in [0.29, 0.717) is 17.1 Å². The summed E-state index contributed by atoms with van der Waals surface area (Å²) in [4.78, 5) is 33.2. The third-order valence-corrected chi connectivity index (χ3v) is 5.11. The van der Waals surface area contributed by atoms with Crippen LogP contribution in [0.5, 0.6) is 0 Å². The first-order valence-electron chi connectivity index (χ1n) is 8.93. The lowest BCUT2D eigenvalue weighted by Gasteiger charge is -2.20. The highest BCUT2D eigenvalue weighted by Gasteiger charge is 2.24. The molecule has 0 spiro atoms. The van der Waals surface area contributed by atoms with Crippen molar-refractivity contribution in [2.45, 2.75) is 24.3 Å². The maximum atomic E-state index is 13.6. The molecule has 0 radical (unpaired) electrons. The second kappa shape index (κ2) is 9.41. The van der Waals surface area contributed by atoms with Gasteiger partial charge in [-0.2, -0.15) is 4.83 Å². The van der Waals surface area contributed by atoms with Crippen LogP contribution in [0, 0.1) is 25.1 Å². The molecule has 1 aliphatic rings. The van der Waals surface area contributed by atoms with Gasteiger partial charge in [0.2, 0.25) is 0 Å². The largest absolute Gasteiger partial charge is 0.369 e. The predicted molar refractivity (Wildman–Crippen MR) is 109 cm³/mol. The van der Waals surface area contributed by atoms with E-state index in [1.165, 1.54) is 6.07 Å². The van der Waals surface area contributed by atoms with E-state index in [2.05, 4.69) is 31.4 Å². The van der Waals surface area contributed by atoms with Crippen LogP contribution < -0.4 is 20.5 Å². The van der Waals surface area contributed by atoms with Gasteiger partial charge in [0.15, 0.2) is 0 Å². The molecule has 7 nitrogen and oxygen atoms in total. The van der Waals surface area contributed by atoms with Crippen molar-refractivity contribution in [3.63, 3.8) is 0 Å². The van der Waals surface area contributed by atoms with E-state index in [0.717, 1.165) is 30.6 Å². The first kappa shape index (κ1) is 20.6. The molecule has 150 valence electrons. The third-order valence-electron chi connectivity index (χ3n) is 4.35. The van der Waals surface area contributed by atoms with Crippen molar-refractivity contribution >= 4 is 29.4 Å². The van der Waals surface area contributed by atoms with Crippen LogP contribution in [0.2, 0.25) is 0 Å². The average Bonchev–Trinajstić information content (AvgIpc) is 3.17. The molecule has 2 aromatic rings. The second-order valence-corrected chi connectivity index (χ2v) is 7.34. The Morgan fingerprint density at radius 2 is 2.14 bits per heavy atom. The first-order valence-corrected chi connectivity index (χ1v) is 9.75. The summed E-state index contributed by atoms with van der Waals surface area (Å²) in [5.74, 6) is 0.807. The molecule has 29 heavy (non-hydrogen) atoms. The molecule has 1 fully saturated rings. The minimum atomic E-state index is -0.435. The van der Waals surface area contributed by atoms with Gasteiger partial charge < -0.3 is 10.2 Å². The Morgan fingerprint density at radius 3 is 2.90 bits per heavy atom. The number of amides is 2. The zero-order chi connectivity index (χ0) is 20.8. The number of carbonyl (C=O) groups is 2. The number of pyridine rings is 1. The average molecular weight is 413 g/mol. The lowest BCUT2D eigenvalue weighted by atomic mass is 10.2. The Labute approximate surface area is 172 Å². The number of aromatic nitrogens is 1.